The van der Waals surface area contributed by atoms with Crippen molar-refractivity contribution in [2.75, 3.05) is 20.8 Å². The van der Waals surface area contributed by atoms with E-state index in [-0.39, 0.29) is 12.2 Å². The minimum Gasteiger partial charge on any atom is -0.382 e. The third kappa shape index (κ3) is 2.62. The topological polar surface area (TPSA) is 73.9 Å². The van der Waals surface area contributed by atoms with Crippen molar-refractivity contribution >= 4 is 0 Å². The first-order valence-corrected chi connectivity index (χ1v) is 4.30. The molecule has 0 spiro atoms. The van der Waals surface area contributed by atoms with Gasteiger partial charge < -0.3 is 25.1 Å². The Morgan fingerprint density at radius 3 is 2.77 bits per heavy atom. The second kappa shape index (κ2) is 4.88. The lowest BCUT2D eigenvalue weighted by Gasteiger charge is -2.36. The highest BCUT2D eigenvalue weighted by atomic mass is 16.6. The molecule has 1 saturated heterocycles. The molecule has 1 rings (SSSR count). The number of aliphatic hydroxyl groups excluding tert-OH is 1. The van der Waals surface area contributed by atoms with Crippen LogP contribution < -0.4 is 5.73 Å². The molecule has 1 aliphatic rings. The number of ether oxygens (including phenoxy) is 3. The monoisotopic (exact) mass is 191 g/mol. The van der Waals surface area contributed by atoms with Crippen LogP contribution in [0.25, 0.3) is 0 Å². The number of rotatable bonds is 3. The molecule has 0 aliphatic carbocycles. The fraction of sp³-hybridized carbons (Fsp3) is 1.00. The summed E-state index contributed by atoms with van der Waals surface area (Å²) in [6, 6.07) is -0.474. The second-order valence-corrected chi connectivity index (χ2v) is 3.19. The van der Waals surface area contributed by atoms with E-state index in [4.69, 9.17) is 19.9 Å². The van der Waals surface area contributed by atoms with Gasteiger partial charge in [-0.15, -0.1) is 0 Å². The van der Waals surface area contributed by atoms with Crippen LogP contribution in [0.15, 0.2) is 0 Å². The van der Waals surface area contributed by atoms with Crippen molar-refractivity contribution in [2.24, 2.45) is 5.73 Å². The van der Waals surface area contributed by atoms with Crippen LogP contribution in [0.3, 0.4) is 0 Å². The van der Waals surface area contributed by atoms with Gasteiger partial charge in [-0.1, -0.05) is 0 Å². The van der Waals surface area contributed by atoms with Gasteiger partial charge in [0.2, 0.25) is 0 Å². The predicted octanol–water partition coefficient (Wildman–Crippen LogP) is -0.918. The molecule has 0 radical (unpaired) electrons. The smallest absolute Gasteiger partial charge is 0.172 e. The normalized spacial score (nSPS) is 40.6. The van der Waals surface area contributed by atoms with Crippen molar-refractivity contribution in [1.29, 1.82) is 0 Å². The first-order valence-electron chi connectivity index (χ1n) is 4.30. The molecule has 78 valence electrons. The average molecular weight is 191 g/mol. The third-order valence-electron chi connectivity index (χ3n) is 2.24. The summed E-state index contributed by atoms with van der Waals surface area (Å²) in [5, 5.41) is 9.39. The van der Waals surface area contributed by atoms with Crippen LogP contribution in [-0.2, 0) is 14.2 Å². The van der Waals surface area contributed by atoms with E-state index in [1.807, 2.05) is 0 Å². The van der Waals surface area contributed by atoms with Crippen LogP contribution in [-0.4, -0.2) is 50.5 Å². The highest BCUT2D eigenvalue weighted by Crippen LogP contribution is 2.19. The third-order valence-corrected chi connectivity index (χ3v) is 2.24. The van der Waals surface area contributed by atoms with Gasteiger partial charge in [-0.2, -0.15) is 0 Å². The van der Waals surface area contributed by atoms with Gasteiger partial charge in [0.1, 0.15) is 0 Å². The summed E-state index contributed by atoms with van der Waals surface area (Å²) in [6.07, 6.45) is -0.602. The Hall–Kier alpha value is -0.200. The number of aliphatic hydroxyl groups is 1. The molecular weight excluding hydrogens is 174 g/mol. The van der Waals surface area contributed by atoms with E-state index in [1.165, 1.54) is 0 Å². The van der Waals surface area contributed by atoms with Crippen LogP contribution in [0.2, 0.25) is 0 Å². The van der Waals surface area contributed by atoms with Crippen molar-refractivity contribution in [3.8, 4) is 0 Å². The molecule has 5 nitrogen and oxygen atoms in total. The molecule has 0 bridgehead atoms. The summed E-state index contributed by atoms with van der Waals surface area (Å²) in [4.78, 5) is 0. The molecule has 5 heteroatoms. The van der Waals surface area contributed by atoms with E-state index in [1.54, 1.807) is 14.2 Å². The van der Waals surface area contributed by atoms with Gasteiger partial charge in [-0.05, 0) is 0 Å². The molecule has 0 amide bonds. The van der Waals surface area contributed by atoms with Crippen LogP contribution in [0.4, 0.5) is 0 Å². The maximum atomic E-state index is 9.39. The summed E-state index contributed by atoms with van der Waals surface area (Å²) < 4.78 is 15.3. The Bertz CT molecular complexity index is 155. The first-order chi connectivity index (χ1) is 6.19. The van der Waals surface area contributed by atoms with Crippen molar-refractivity contribution in [3.63, 3.8) is 0 Å². The lowest BCUT2D eigenvalue weighted by atomic mass is 10.0. The van der Waals surface area contributed by atoms with E-state index in [0.29, 0.717) is 13.0 Å². The predicted molar refractivity (Wildman–Crippen MR) is 46.1 cm³/mol. The quantitative estimate of drug-likeness (QED) is 0.603. The molecular formula is C8H17NO4. The first kappa shape index (κ1) is 10.9. The summed E-state index contributed by atoms with van der Waals surface area (Å²) in [6.45, 7) is 0.448. The fourth-order valence-corrected chi connectivity index (χ4v) is 1.49. The van der Waals surface area contributed by atoms with E-state index < -0.39 is 12.3 Å². The van der Waals surface area contributed by atoms with Gasteiger partial charge in [-0.25, -0.2) is 0 Å². The molecule has 2 unspecified atom stereocenters. The van der Waals surface area contributed by atoms with Crippen molar-refractivity contribution in [1.82, 2.24) is 0 Å². The largest absolute Gasteiger partial charge is 0.382 e. The van der Waals surface area contributed by atoms with Crippen LogP contribution in [0.5, 0.6) is 0 Å². The van der Waals surface area contributed by atoms with Gasteiger partial charge in [-0.3, -0.25) is 0 Å². The number of hydrogen-bond acceptors (Lipinski definition) is 5. The molecule has 0 aromatic heterocycles. The minimum absolute atomic E-state index is 0.134. The van der Waals surface area contributed by atoms with Crippen molar-refractivity contribution < 1.29 is 19.3 Å². The highest BCUT2D eigenvalue weighted by Gasteiger charge is 2.35. The van der Waals surface area contributed by atoms with Crippen LogP contribution >= 0.6 is 0 Å². The van der Waals surface area contributed by atoms with Gasteiger partial charge in [0.25, 0.3) is 0 Å². The molecule has 0 aromatic rings. The highest BCUT2D eigenvalue weighted by molar-refractivity contribution is 4.84. The maximum Gasteiger partial charge on any atom is 0.172 e. The molecule has 0 saturated carbocycles. The van der Waals surface area contributed by atoms with Gasteiger partial charge in [0, 0.05) is 20.6 Å². The SMILES string of the molecule is COC[C@@H]1CC(OC)[C@@H](N)C(O)O1. The molecule has 1 aliphatic heterocycles. The van der Waals surface area contributed by atoms with Crippen molar-refractivity contribution in [2.45, 2.75) is 31.0 Å². The van der Waals surface area contributed by atoms with E-state index in [0.717, 1.165) is 0 Å². The van der Waals surface area contributed by atoms with Crippen molar-refractivity contribution in [3.05, 3.63) is 0 Å². The molecule has 0 aromatic carbocycles. The molecule has 13 heavy (non-hydrogen) atoms. The second-order valence-electron chi connectivity index (χ2n) is 3.19. The maximum absolute atomic E-state index is 9.39. The van der Waals surface area contributed by atoms with E-state index in [9.17, 15) is 5.11 Å². The summed E-state index contributed by atoms with van der Waals surface area (Å²) >= 11 is 0. The Balaban J connectivity index is 2.47. The van der Waals surface area contributed by atoms with Gasteiger partial charge in [0.15, 0.2) is 6.29 Å². The van der Waals surface area contributed by atoms with Gasteiger partial charge in [0.05, 0.1) is 24.9 Å². The minimum atomic E-state index is -0.959. The number of methoxy groups -OCH3 is 2. The van der Waals surface area contributed by atoms with Crippen LogP contribution in [0, 0.1) is 0 Å². The zero-order valence-electron chi connectivity index (χ0n) is 7.97. The zero-order valence-corrected chi connectivity index (χ0v) is 7.97. The molecule has 4 atom stereocenters. The van der Waals surface area contributed by atoms with E-state index >= 15 is 0 Å². The Morgan fingerprint density at radius 1 is 1.54 bits per heavy atom. The van der Waals surface area contributed by atoms with Gasteiger partial charge >= 0.3 is 0 Å². The van der Waals surface area contributed by atoms with E-state index in [2.05, 4.69) is 0 Å². The zero-order chi connectivity index (χ0) is 9.84. The lowest BCUT2D eigenvalue weighted by molar-refractivity contribution is -0.213. The molecule has 1 heterocycles. The fourth-order valence-electron chi connectivity index (χ4n) is 1.49. The lowest BCUT2D eigenvalue weighted by Crippen LogP contribution is -2.54. The van der Waals surface area contributed by atoms with Crippen LogP contribution in [0.1, 0.15) is 6.42 Å². The number of nitrogens with two attached hydrogens (primary N) is 1. The Morgan fingerprint density at radius 2 is 2.23 bits per heavy atom. The Kier molecular flexibility index (Phi) is 4.08. The number of hydrogen-bond donors (Lipinski definition) is 2. The summed E-state index contributed by atoms with van der Waals surface area (Å²) in [5.74, 6) is 0. The molecule has 1 fully saturated rings. The Labute approximate surface area is 77.8 Å². The molecule has 3 N–H and O–H groups in total. The summed E-state index contributed by atoms with van der Waals surface area (Å²) in [7, 11) is 3.17. The average Bonchev–Trinajstić information content (AvgIpc) is 2.11. The summed E-state index contributed by atoms with van der Waals surface area (Å²) in [5.41, 5.74) is 5.65. The standard InChI is InChI=1S/C8H17NO4/c1-11-4-5-3-6(12-2)7(9)8(10)13-5/h5-8,10H,3-4,9H2,1-2H3/t5-,6?,7+,8?/m0/s1.